The molecule has 1 atom stereocenters. The van der Waals surface area contributed by atoms with Crippen molar-refractivity contribution in [2.24, 2.45) is 5.41 Å². The second kappa shape index (κ2) is 6.89. The molecule has 1 aliphatic rings. The number of hydrogen-bond acceptors (Lipinski definition) is 3. The molecule has 5 nitrogen and oxygen atoms in total. The smallest absolute Gasteiger partial charge is 0.305 e. The predicted molar refractivity (Wildman–Crippen MR) is 73.9 cm³/mol. The quantitative estimate of drug-likeness (QED) is 0.767. The molecule has 1 saturated heterocycles. The van der Waals surface area contributed by atoms with Gasteiger partial charge in [-0.2, -0.15) is 0 Å². The first-order valence-corrected chi connectivity index (χ1v) is 7.16. The van der Waals surface area contributed by atoms with Crippen molar-refractivity contribution in [2.45, 2.75) is 52.5 Å². The maximum atomic E-state index is 12.8. The highest BCUT2D eigenvalue weighted by molar-refractivity contribution is 5.83. The third-order valence-corrected chi connectivity index (χ3v) is 4.05. The number of carbonyl (C=O) groups is 2. The molecule has 1 fully saturated rings. The molecule has 0 aromatic rings. The minimum absolute atomic E-state index is 0.0111. The summed E-state index contributed by atoms with van der Waals surface area (Å²) in [7, 11) is 0. The molecule has 5 heteroatoms. The summed E-state index contributed by atoms with van der Waals surface area (Å²) in [4.78, 5) is 25.2. The third-order valence-electron chi connectivity index (χ3n) is 4.05. The molecule has 0 bridgehead atoms. The highest BCUT2D eigenvalue weighted by Crippen LogP contribution is 2.33. The third kappa shape index (κ3) is 3.93. The van der Waals surface area contributed by atoms with Crippen LogP contribution in [0.4, 0.5) is 0 Å². The number of rotatable bonds is 6. The van der Waals surface area contributed by atoms with Gasteiger partial charge in [0.2, 0.25) is 5.91 Å². The van der Waals surface area contributed by atoms with E-state index >= 15 is 0 Å². The van der Waals surface area contributed by atoms with Gasteiger partial charge in [0, 0.05) is 19.1 Å². The summed E-state index contributed by atoms with van der Waals surface area (Å²) in [5, 5.41) is 12.1. The zero-order chi connectivity index (χ0) is 14.5. The number of aliphatic carboxylic acids is 1. The second-order valence-corrected chi connectivity index (χ2v) is 5.65. The van der Waals surface area contributed by atoms with Gasteiger partial charge in [-0.05, 0) is 39.7 Å². The van der Waals surface area contributed by atoms with Crippen LogP contribution in [0.5, 0.6) is 0 Å². The summed E-state index contributed by atoms with van der Waals surface area (Å²) in [5.74, 6) is -0.746. The average molecular weight is 270 g/mol. The van der Waals surface area contributed by atoms with Crippen LogP contribution in [-0.4, -0.2) is 47.6 Å². The molecule has 1 heterocycles. The predicted octanol–water partition coefficient (Wildman–Crippen LogP) is 1.48. The fraction of sp³-hybridized carbons (Fsp3) is 0.857. The molecule has 1 unspecified atom stereocenters. The summed E-state index contributed by atoms with van der Waals surface area (Å²) < 4.78 is 0. The molecular weight excluding hydrogens is 244 g/mol. The molecule has 0 aliphatic carbocycles. The lowest BCUT2D eigenvalue weighted by Crippen LogP contribution is -2.53. The van der Waals surface area contributed by atoms with E-state index in [9.17, 15) is 9.59 Å². The van der Waals surface area contributed by atoms with Gasteiger partial charge in [0.15, 0.2) is 0 Å². The maximum Gasteiger partial charge on any atom is 0.305 e. The lowest BCUT2D eigenvalue weighted by Gasteiger charge is -2.41. The van der Waals surface area contributed by atoms with Gasteiger partial charge in [0.25, 0.3) is 0 Å². The van der Waals surface area contributed by atoms with Crippen molar-refractivity contribution in [1.29, 1.82) is 0 Å². The van der Waals surface area contributed by atoms with Crippen LogP contribution in [0.3, 0.4) is 0 Å². The van der Waals surface area contributed by atoms with Crippen LogP contribution < -0.4 is 5.32 Å². The number of piperidine rings is 1. The zero-order valence-electron chi connectivity index (χ0n) is 12.2. The van der Waals surface area contributed by atoms with Gasteiger partial charge in [0.05, 0.1) is 11.8 Å². The molecule has 110 valence electrons. The Morgan fingerprint density at radius 3 is 2.53 bits per heavy atom. The highest BCUT2D eigenvalue weighted by Gasteiger charge is 2.41. The van der Waals surface area contributed by atoms with E-state index in [0.717, 1.165) is 25.8 Å². The minimum Gasteiger partial charge on any atom is -0.481 e. The van der Waals surface area contributed by atoms with Gasteiger partial charge >= 0.3 is 5.97 Å². The molecule has 1 amide bonds. The van der Waals surface area contributed by atoms with Crippen LogP contribution in [0.1, 0.15) is 46.5 Å². The van der Waals surface area contributed by atoms with Crippen molar-refractivity contribution in [3.63, 3.8) is 0 Å². The molecule has 0 aromatic heterocycles. The first-order chi connectivity index (χ1) is 8.93. The van der Waals surface area contributed by atoms with Crippen molar-refractivity contribution in [2.75, 3.05) is 19.6 Å². The van der Waals surface area contributed by atoms with E-state index in [1.54, 1.807) is 4.90 Å². The SMILES string of the molecule is CCC1(C(=O)N(CCC(=O)O)C(C)C)CCCNC1. The average Bonchev–Trinajstić information content (AvgIpc) is 2.38. The first kappa shape index (κ1) is 16.0. The van der Waals surface area contributed by atoms with Gasteiger partial charge in [-0.3, -0.25) is 9.59 Å². The van der Waals surface area contributed by atoms with Crippen molar-refractivity contribution >= 4 is 11.9 Å². The fourth-order valence-electron chi connectivity index (χ4n) is 2.72. The van der Waals surface area contributed by atoms with E-state index in [0.29, 0.717) is 13.1 Å². The van der Waals surface area contributed by atoms with Gasteiger partial charge in [0.1, 0.15) is 0 Å². The van der Waals surface area contributed by atoms with E-state index in [2.05, 4.69) is 5.32 Å². The molecule has 0 radical (unpaired) electrons. The summed E-state index contributed by atoms with van der Waals surface area (Å²) >= 11 is 0. The molecule has 0 saturated carbocycles. The molecule has 0 spiro atoms. The van der Waals surface area contributed by atoms with Crippen molar-refractivity contribution in [3.8, 4) is 0 Å². The highest BCUT2D eigenvalue weighted by atomic mass is 16.4. The van der Waals surface area contributed by atoms with Crippen molar-refractivity contribution in [1.82, 2.24) is 10.2 Å². The summed E-state index contributed by atoms with van der Waals surface area (Å²) in [6.07, 6.45) is 2.71. The Kier molecular flexibility index (Phi) is 5.79. The topological polar surface area (TPSA) is 69.6 Å². The number of nitrogens with zero attached hydrogens (tertiary/aromatic N) is 1. The lowest BCUT2D eigenvalue weighted by atomic mass is 9.76. The Balaban J connectivity index is 2.81. The van der Waals surface area contributed by atoms with Crippen LogP contribution in [0.25, 0.3) is 0 Å². The molecule has 2 N–H and O–H groups in total. The van der Waals surface area contributed by atoms with Gasteiger partial charge < -0.3 is 15.3 Å². The fourth-order valence-corrected chi connectivity index (χ4v) is 2.72. The van der Waals surface area contributed by atoms with Crippen LogP contribution in [0, 0.1) is 5.41 Å². The molecule has 1 aliphatic heterocycles. The Morgan fingerprint density at radius 1 is 1.42 bits per heavy atom. The van der Waals surface area contributed by atoms with Crippen LogP contribution in [0.15, 0.2) is 0 Å². The molecule has 0 aromatic carbocycles. The van der Waals surface area contributed by atoms with E-state index in [1.807, 2.05) is 20.8 Å². The summed E-state index contributed by atoms with van der Waals surface area (Å²) in [6, 6.07) is 0.0391. The van der Waals surface area contributed by atoms with E-state index < -0.39 is 5.97 Å². The maximum absolute atomic E-state index is 12.8. The molecular formula is C14H26N2O3. The largest absolute Gasteiger partial charge is 0.481 e. The van der Waals surface area contributed by atoms with E-state index in [-0.39, 0.29) is 23.8 Å². The Bertz CT molecular complexity index is 323. The molecule has 19 heavy (non-hydrogen) atoms. The van der Waals surface area contributed by atoms with Gasteiger partial charge in [-0.25, -0.2) is 0 Å². The summed E-state index contributed by atoms with van der Waals surface area (Å²) in [5.41, 5.74) is -0.346. The van der Waals surface area contributed by atoms with Gasteiger partial charge in [-0.15, -0.1) is 0 Å². The number of carbonyl (C=O) groups excluding carboxylic acids is 1. The van der Waals surface area contributed by atoms with Crippen LogP contribution >= 0.6 is 0 Å². The van der Waals surface area contributed by atoms with E-state index in [4.69, 9.17) is 5.11 Å². The monoisotopic (exact) mass is 270 g/mol. The number of carboxylic acids is 1. The first-order valence-electron chi connectivity index (χ1n) is 7.16. The lowest BCUT2D eigenvalue weighted by molar-refractivity contribution is -0.146. The number of carboxylic acid groups (broad SMARTS) is 1. The Morgan fingerprint density at radius 2 is 2.11 bits per heavy atom. The van der Waals surface area contributed by atoms with Gasteiger partial charge in [-0.1, -0.05) is 6.92 Å². The Hall–Kier alpha value is -1.10. The summed E-state index contributed by atoms with van der Waals surface area (Å²) in [6.45, 7) is 7.90. The Labute approximate surface area is 115 Å². The normalized spacial score (nSPS) is 23.4. The molecule has 1 rings (SSSR count). The zero-order valence-corrected chi connectivity index (χ0v) is 12.2. The van der Waals surface area contributed by atoms with Crippen LogP contribution in [0.2, 0.25) is 0 Å². The number of hydrogen-bond donors (Lipinski definition) is 2. The minimum atomic E-state index is -0.856. The second-order valence-electron chi connectivity index (χ2n) is 5.65. The van der Waals surface area contributed by atoms with Crippen LogP contribution in [-0.2, 0) is 9.59 Å². The van der Waals surface area contributed by atoms with Crippen molar-refractivity contribution < 1.29 is 14.7 Å². The number of amides is 1. The van der Waals surface area contributed by atoms with Crippen molar-refractivity contribution in [3.05, 3.63) is 0 Å². The number of nitrogens with one attached hydrogen (secondary N) is 1. The standard InChI is InChI=1S/C14H26N2O3/c1-4-14(7-5-8-15-10-14)13(19)16(11(2)3)9-6-12(17)18/h11,15H,4-10H2,1-3H3,(H,17,18). The van der Waals surface area contributed by atoms with E-state index in [1.165, 1.54) is 0 Å².